The summed E-state index contributed by atoms with van der Waals surface area (Å²) in [6, 6.07) is 3.66. The van der Waals surface area contributed by atoms with Crippen molar-refractivity contribution in [3.05, 3.63) is 29.5 Å². The second kappa shape index (κ2) is 14.1. The van der Waals surface area contributed by atoms with Crippen molar-refractivity contribution in [2.24, 2.45) is 5.92 Å². The van der Waals surface area contributed by atoms with Crippen LogP contribution >= 0.6 is 0 Å². The molecule has 5 aliphatic rings. The van der Waals surface area contributed by atoms with Crippen LogP contribution in [0, 0.1) is 12.8 Å². The molecular formula is C40H55N5O9S. The van der Waals surface area contributed by atoms with Gasteiger partial charge in [0.25, 0.3) is 5.91 Å². The van der Waals surface area contributed by atoms with E-state index in [2.05, 4.69) is 15.4 Å². The molecule has 0 unspecified atom stereocenters. The van der Waals surface area contributed by atoms with E-state index in [4.69, 9.17) is 19.2 Å². The van der Waals surface area contributed by atoms with Gasteiger partial charge in [-0.2, -0.15) is 0 Å². The van der Waals surface area contributed by atoms with E-state index in [1.54, 1.807) is 34.8 Å². The molecule has 15 heteroatoms. The summed E-state index contributed by atoms with van der Waals surface area (Å²) in [4.78, 5) is 62.8. The molecule has 1 spiro atoms. The maximum absolute atomic E-state index is 14.7. The number of carbonyl (C=O) groups excluding carboxylic acids is 4. The topological polar surface area (TPSA) is 182 Å². The normalized spacial score (nSPS) is 29.3. The van der Waals surface area contributed by atoms with E-state index >= 15 is 0 Å². The minimum atomic E-state index is -3.96. The summed E-state index contributed by atoms with van der Waals surface area (Å²) in [6.45, 7) is 8.79. The number of amides is 4. The molecule has 55 heavy (non-hydrogen) atoms. The maximum Gasteiger partial charge on any atom is 0.408 e. The molecule has 0 radical (unpaired) electrons. The molecule has 2 saturated heterocycles. The van der Waals surface area contributed by atoms with Crippen LogP contribution in [0.15, 0.2) is 18.2 Å². The number of hydrogen-bond acceptors (Lipinski definition) is 10. The molecule has 1 aromatic carbocycles. The van der Waals surface area contributed by atoms with Gasteiger partial charge in [0, 0.05) is 17.4 Å². The third-order valence-corrected chi connectivity index (χ3v) is 14.4. The van der Waals surface area contributed by atoms with Crippen molar-refractivity contribution in [3.63, 3.8) is 0 Å². The summed E-state index contributed by atoms with van der Waals surface area (Å²) < 4.78 is 45.7. The van der Waals surface area contributed by atoms with Crippen LogP contribution in [-0.4, -0.2) is 89.3 Å². The fourth-order valence-electron chi connectivity index (χ4n) is 8.65. The largest absolute Gasteiger partial charge is 0.497 e. The highest BCUT2D eigenvalue weighted by Gasteiger charge is 2.64. The quantitative estimate of drug-likeness (QED) is 0.384. The summed E-state index contributed by atoms with van der Waals surface area (Å²) >= 11 is 0. The zero-order chi connectivity index (χ0) is 39.6. The Balaban J connectivity index is 1.23. The first kappa shape index (κ1) is 39.1. The second-order valence-electron chi connectivity index (χ2n) is 17.6. The number of fused-ring (bicyclic) bond motifs is 5. The first-order valence-corrected chi connectivity index (χ1v) is 21.2. The molecule has 0 bridgehead atoms. The number of alkyl carbamates (subject to hydrolysis) is 1. The summed E-state index contributed by atoms with van der Waals surface area (Å²) in [5.74, 6) is -0.694. The standard InChI is InChI=1S/C40H55N5O9S/c1-24-32-27(28-20-26(52-6)14-15-29(28)41-24)16-17-39(53-32)22-31-33(46)43-40(35(48)44-55(50,51)38(5)18-19-38)21-25(40)12-10-8-7-9-11-13-30(34(47)45(31)23-39)42-36(49)54-37(2,3)4/h14-15,20,25,30-31H,7-13,16-19,21-23H2,1-6H3,(H,42,49)(H,43,46)(H,44,48)/t25-,30+,31+,39-,40-/m1/s1. The molecule has 2 aromatic rings. The van der Waals surface area contributed by atoms with Crippen LogP contribution < -0.4 is 24.8 Å². The molecule has 3 aliphatic heterocycles. The van der Waals surface area contributed by atoms with E-state index in [1.165, 1.54) is 4.90 Å². The predicted molar refractivity (Wildman–Crippen MR) is 204 cm³/mol. The number of rotatable bonds is 5. The van der Waals surface area contributed by atoms with Gasteiger partial charge in [0.05, 0.1) is 29.6 Å². The lowest BCUT2D eigenvalue weighted by atomic mass is 9.87. The average molecular weight is 782 g/mol. The highest BCUT2D eigenvalue weighted by atomic mass is 32.2. The Hall–Kier alpha value is -4.14. The van der Waals surface area contributed by atoms with Crippen LogP contribution in [0.4, 0.5) is 4.79 Å². The van der Waals surface area contributed by atoms with Crippen LogP contribution in [0.3, 0.4) is 0 Å². The number of benzene rings is 1. The Bertz CT molecular complexity index is 2010. The summed E-state index contributed by atoms with van der Waals surface area (Å²) in [6.07, 6.45) is 6.74. The van der Waals surface area contributed by atoms with E-state index in [-0.39, 0.29) is 18.9 Å². The van der Waals surface area contributed by atoms with E-state index in [0.717, 1.165) is 42.1 Å². The molecule has 5 atom stereocenters. The van der Waals surface area contributed by atoms with Crippen molar-refractivity contribution in [2.45, 2.75) is 152 Å². The van der Waals surface area contributed by atoms with E-state index < -0.39 is 67.4 Å². The van der Waals surface area contributed by atoms with Crippen molar-refractivity contribution in [1.29, 1.82) is 0 Å². The average Bonchev–Trinajstić information content (AvgIpc) is 4.01. The molecule has 4 heterocycles. The van der Waals surface area contributed by atoms with Crippen molar-refractivity contribution < 1.29 is 41.8 Å². The van der Waals surface area contributed by atoms with Gasteiger partial charge in [-0.05, 0) is 104 Å². The number of carbonyl (C=O) groups is 4. The van der Waals surface area contributed by atoms with Crippen LogP contribution in [-0.2, 0) is 35.6 Å². The van der Waals surface area contributed by atoms with Crippen LogP contribution in [0.25, 0.3) is 10.9 Å². The first-order chi connectivity index (χ1) is 25.9. The van der Waals surface area contributed by atoms with Gasteiger partial charge in [-0.25, -0.2) is 18.2 Å². The number of methoxy groups -OCH3 is 1. The van der Waals surface area contributed by atoms with Gasteiger partial charge in [0.1, 0.15) is 40.3 Å². The molecule has 2 saturated carbocycles. The fraction of sp³-hybridized carbons (Fsp3) is 0.675. The van der Waals surface area contributed by atoms with Gasteiger partial charge >= 0.3 is 6.09 Å². The Kier molecular flexibility index (Phi) is 10.0. The highest BCUT2D eigenvalue weighted by molar-refractivity contribution is 7.91. The number of ether oxygens (including phenoxy) is 3. The highest BCUT2D eigenvalue weighted by Crippen LogP contribution is 2.50. The zero-order valence-electron chi connectivity index (χ0n) is 32.8. The lowest BCUT2D eigenvalue weighted by molar-refractivity contribution is -0.141. The Morgan fingerprint density at radius 1 is 1.04 bits per heavy atom. The maximum atomic E-state index is 14.7. The van der Waals surface area contributed by atoms with E-state index in [0.29, 0.717) is 68.6 Å². The van der Waals surface area contributed by atoms with Crippen LogP contribution in [0.5, 0.6) is 11.5 Å². The molecule has 4 amide bonds. The first-order valence-electron chi connectivity index (χ1n) is 19.7. The Morgan fingerprint density at radius 2 is 1.75 bits per heavy atom. The summed E-state index contributed by atoms with van der Waals surface area (Å²) in [5, 5.41) is 6.70. The second-order valence-corrected chi connectivity index (χ2v) is 19.8. The number of hydrogen-bond donors (Lipinski definition) is 3. The van der Waals surface area contributed by atoms with Gasteiger partial charge in [-0.3, -0.25) is 19.1 Å². The van der Waals surface area contributed by atoms with Crippen LogP contribution in [0.1, 0.15) is 116 Å². The Morgan fingerprint density at radius 3 is 2.44 bits per heavy atom. The summed E-state index contributed by atoms with van der Waals surface area (Å²) in [7, 11) is -2.36. The molecule has 1 aromatic heterocycles. The fourth-order valence-corrected chi connectivity index (χ4v) is 9.97. The van der Waals surface area contributed by atoms with Gasteiger partial charge in [0.15, 0.2) is 0 Å². The minimum Gasteiger partial charge on any atom is -0.497 e. The van der Waals surface area contributed by atoms with E-state index in [9.17, 15) is 27.6 Å². The Labute approximate surface area is 323 Å². The molecule has 3 N–H and O–H groups in total. The number of nitrogens with zero attached hydrogens (tertiary/aromatic N) is 2. The van der Waals surface area contributed by atoms with Crippen molar-refractivity contribution in [1.82, 2.24) is 25.2 Å². The molecule has 2 aliphatic carbocycles. The van der Waals surface area contributed by atoms with Crippen molar-refractivity contribution in [2.75, 3.05) is 13.7 Å². The molecule has 4 fully saturated rings. The minimum absolute atomic E-state index is 0.0564. The van der Waals surface area contributed by atoms with Crippen molar-refractivity contribution in [3.8, 4) is 11.5 Å². The predicted octanol–water partition coefficient (Wildman–Crippen LogP) is 4.73. The number of sulfonamides is 1. The van der Waals surface area contributed by atoms with Gasteiger partial charge in [-0.1, -0.05) is 32.1 Å². The summed E-state index contributed by atoms with van der Waals surface area (Å²) in [5.41, 5.74) is -0.740. The molecular weight excluding hydrogens is 727 g/mol. The SMILES string of the molecule is COc1ccc2nc(C)c3c(c2c1)CC[C@]1(C[C@H]2C(=O)N[C@]4(C(=O)NS(=O)(=O)C5(C)CC5)C[C@H]4CCCCCCC[C@H](NC(=O)OC(C)(C)C)C(=O)N2C1)O3. The number of pyridine rings is 1. The lowest BCUT2D eigenvalue weighted by Gasteiger charge is -2.36. The third-order valence-electron chi connectivity index (χ3n) is 12.3. The van der Waals surface area contributed by atoms with Gasteiger partial charge in [0.2, 0.25) is 21.8 Å². The zero-order valence-corrected chi connectivity index (χ0v) is 33.7. The number of aryl methyl sites for hydroxylation is 2. The van der Waals surface area contributed by atoms with Crippen LogP contribution in [0.2, 0.25) is 0 Å². The van der Waals surface area contributed by atoms with E-state index in [1.807, 2.05) is 25.1 Å². The molecule has 14 nitrogen and oxygen atoms in total. The lowest BCUT2D eigenvalue weighted by Crippen LogP contribution is -2.58. The van der Waals surface area contributed by atoms with Crippen molar-refractivity contribution >= 4 is 44.7 Å². The molecule has 7 rings (SSSR count). The number of aromatic nitrogens is 1. The number of nitrogens with one attached hydrogen (secondary N) is 3. The van der Waals surface area contributed by atoms with Gasteiger partial charge < -0.3 is 29.7 Å². The molecule has 300 valence electrons. The van der Waals surface area contributed by atoms with Gasteiger partial charge in [-0.15, -0.1) is 0 Å². The third kappa shape index (κ3) is 7.69. The smallest absolute Gasteiger partial charge is 0.408 e. The monoisotopic (exact) mass is 781 g/mol.